The Hall–Kier alpha value is 0.0400. The van der Waals surface area contributed by atoms with Gasteiger partial charge in [0.1, 0.15) is 11.6 Å². The van der Waals surface area contributed by atoms with Gasteiger partial charge in [-0.1, -0.05) is 0 Å². The van der Waals surface area contributed by atoms with Crippen LogP contribution >= 0.6 is 25.3 Å². The number of hydrogen-bond donors (Lipinski definition) is 2. The van der Waals surface area contributed by atoms with Crippen LogP contribution in [-0.2, 0) is 9.59 Å². The third-order valence-electron chi connectivity index (χ3n) is 1.40. The van der Waals surface area contributed by atoms with Crippen molar-refractivity contribution in [1.29, 1.82) is 0 Å². The fourth-order valence-corrected chi connectivity index (χ4v) is 1.21. The maximum absolute atomic E-state index is 11.0. The smallest absolute Gasteiger partial charge is 0.141 e. The van der Waals surface area contributed by atoms with E-state index in [1.54, 1.807) is 0 Å². The number of rotatable bonds is 7. The molecule has 0 rings (SSSR count). The number of Topliss-reactive ketones (excluding diaryl/α,β-unsaturated/α-hetero) is 2. The maximum atomic E-state index is 11.0. The Morgan fingerprint density at radius 3 is 2.00 bits per heavy atom. The second kappa shape index (κ2) is 7.68. The Balaban J connectivity index is 3.47. The first-order chi connectivity index (χ1) is 5.70. The standard InChI is InChI=1S/C8H14O2S2/c9-7(2-1-4-11)6-8(10)3-5-12/h11-12H,1-6H2. The Morgan fingerprint density at radius 2 is 1.50 bits per heavy atom. The molecule has 0 atom stereocenters. The molecule has 0 spiro atoms. The largest absolute Gasteiger partial charge is 0.299 e. The zero-order chi connectivity index (χ0) is 9.40. The summed E-state index contributed by atoms with van der Waals surface area (Å²) >= 11 is 7.89. The SMILES string of the molecule is O=C(CCS)CC(=O)CCCS. The molecular formula is C8H14O2S2. The molecule has 0 aromatic rings. The molecule has 70 valence electrons. The summed E-state index contributed by atoms with van der Waals surface area (Å²) in [5, 5.41) is 0. The van der Waals surface area contributed by atoms with Gasteiger partial charge in [-0.3, -0.25) is 9.59 Å². The summed E-state index contributed by atoms with van der Waals surface area (Å²) in [6, 6.07) is 0. The van der Waals surface area contributed by atoms with Gasteiger partial charge in [0.2, 0.25) is 0 Å². The summed E-state index contributed by atoms with van der Waals surface area (Å²) in [7, 11) is 0. The minimum atomic E-state index is -0.00540. The van der Waals surface area contributed by atoms with E-state index in [9.17, 15) is 9.59 Å². The Kier molecular flexibility index (Phi) is 7.70. The van der Waals surface area contributed by atoms with E-state index in [1.807, 2.05) is 0 Å². The molecule has 0 aliphatic heterocycles. The Bertz CT molecular complexity index is 157. The van der Waals surface area contributed by atoms with Gasteiger partial charge in [-0.05, 0) is 17.9 Å². The molecule has 0 bridgehead atoms. The van der Waals surface area contributed by atoms with Crippen LogP contribution in [0.25, 0.3) is 0 Å². The van der Waals surface area contributed by atoms with Crippen molar-refractivity contribution >= 4 is 36.8 Å². The first-order valence-corrected chi connectivity index (χ1v) is 5.22. The van der Waals surface area contributed by atoms with Crippen molar-refractivity contribution in [3.63, 3.8) is 0 Å². The topological polar surface area (TPSA) is 34.1 Å². The van der Waals surface area contributed by atoms with Crippen LogP contribution in [0, 0.1) is 0 Å². The lowest BCUT2D eigenvalue weighted by Gasteiger charge is -1.97. The van der Waals surface area contributed by atoms with Gasteiger partial charge < -0.3 is 0 Å². The highest BCUT2D eigenvalue weighted by Crippen LogP contribution is 2.00. The van der Waals surface area contributed by atoms with Crippen molar-refractivity contribution in [3.8, 4) is 0 Å². The molecule has 0 unspecified atom stereocenters. The van der Waals surface area contributed by atoms with Gasteiger partial charge >= 0.3 is 0 Å². The van der Waals surface area contributed by atoms with Crippen molar-refractivity contribution in [2.75, 3.05) is 11.5 Å². The minimum Gasteiger partial charge on any atom is -0.299 e. The summed E-state index contributed by atoms with van der Waals surface area (Å²) in [5.74, 6) is 1.25. The molecule has 0 fully saturated rings. The lowest BCUT2D eigenvalue weighted by atomic mass is 10.1. The van der Waals surface area contributed by atoms with Crippen LogP contribution in [0.2, 0.25) is 0 Å². The molecule has 4 heteroatoms. The molecule has 0 N–H and O–H groups in total. The summed E-state index contributed by atoms with van der Waals surface area (Å²) in [5.41, 5.74) is 0. The fraction of sp³-hybridized carbons (Fsp3) is 0.750. The normalized spacial score (nSPS) is 9.83. The van der Waals surface area contributed by atoms with E-state index in [-0.39, 0.29) is 18.0 Å². The van der Waals surface area contributed by atoms with Crippen LogP contribution < -0.4 is 0 Å². The number of ketones is 2. The van der Waals surface area contributed by atoms with Crippen LogP contribution in [0.3, 0.4) is 0 Å². The predicted molar refractivity (Wildman–Crippen MR) is 56.2 cm³/mol. The molecule has 0 radical (unpaired) electrons. The Morgan fingerprint density at radius 1 is 0.917 bits per heavy atom. The van der Waals surface area contributed by atoms with Crippen LogP contribution in [0.5, 0.6) is 0 Å². The first-order valence-electron chi connectivity index (χ1n) is 3.95. The highest BCUT2D eigenvalue weighted by atomic mass is 32.1. The molecular weight excluding hydrogens is 192 g/mol. The summed E-state index contributed by atoms with van der Waals surface area (Å²) in [6.45, 7) is 0. The lowest BCUT2D eigenvalue weighted by molar-refractivity contribution is -0.126. The fourth-order valence-electron chi connectivity index (χ4n) is 0.798. The highest BCUT2D eigenvalue weighted by Gasteiger charge is 2.07. The number of hydrogen-bond acceptors (Lipinski definition) is 4. The van der Waals surface area contributed by atoms with Gasteiger partial charge in [0.05, 0.1) is 6.42 Å². The molecule has 0 aromatic carbocycles. The van der Waals surface area contributed by atoms with Crippen molar-refractivity contribution < 1.29 is 9.59 Å². The number of carbonyl (C=O) groups excluding carboxylic acids is 2. The molecule has 0 amide bonds. The molecule has 0 saturated carbocycles. The zero-order valence-corrected chi connectivity index (χ0v) is 8.74. The van der Waals surface area contributed by atoms with E-state index in [0.717, 1.165) is 6.42 Å². The average Bonchev–Trinajstić information content (AvgIpc) is 2.01. The van der Waals surface area contributed by atoms with E-state index in [2.05, 4.69) is 25.3 Å². The molecule has 2 nitrogen and oxygen atoms in total. The third kappa shape index (κ3) is 6.73. The lowest BCUT2D eigenvalue weighted by Crippen LogP contribution is -2.08. The van der Waals surface area contributed by atoms with Gasteiger partial charge in [-0.25, -0.2) is 0 Å². The maximum Gasteiger partial charge on any atom is 0.141 e. The highest BCUT2D eigenvalue weighted by molar-refractivity contribution is 7.80. The van der Waals surface area contributed by atoms with Crippen molar-refractivity contribution in [2.45, 2.75) is 25.7 Å². The van der Waals surface area contributed by atoms with E-state index < -0.39 is 0 Å². The second-order valence-corrected chi connectivity index (χ2v) is 3.45. The van der Waals surface area contributed by atoms with Crippen molar-refractivity contribution in [3.05, 3.63) is 0 Å². The zero-order valence-electron chi connectivity index (χ0n) is 6.95. The van der Waals surface area contributed by atoms with E-state index in [0.29, 0.717) is 24.3 Å². The van der Waals surface area contributed by atoms with Gasteiger partial charge in [0, 0.05) is 12.8 Å². The summed E-state index contributed by atoms with van der Waals surface area (Å²) in [4.78, 5) is 21.9. The van der Waals surface area contributed by atoms with Gasteiger partial charge in [0.15, 0.2) is 0 Å². The molecule has 0 aliphatic carbocycles. The minimum absolute atomic E-state index is 0.00540. The van der Waals surface area contributed by atoms with E-state index in [4.69, 9.17) is 0 Å². The molecule has 0 heterocycles. The molecule has 0 saturated heterocycles. The quantitative estimate of drug-likeness (QED) is 0.489. The average molecular weight is 206 g/mol. The second-order valence-electron chi connectivity index (χ2n) is 2.55. The van der Waals surface area contributed by atoms with Gasteiger partial charge in [-0.2, -0.15) is 25.3 Å². The van der Waals surface area contributed by atoms with Gasteiger partial charge in [-0.15, -0.1) is 0 Å². The van der Waals surface area contributed by atoms with Gasteiger partial charge in [0.25, 0.3) is 0 Å². The van der Waals surface area contributed by atoms with Crippen LogP contribution in [0.4, 0.5) is 0 Å². The Labute approximate surface area is 83.9 Å². The number of thiol groups is 2. The van der Waals surface area contributed by atoms with E-state index >= 15 is 0 Å². The van der Waals surface area contributed by atoms with E-state index in [1.165, 1.54) is 0 Å². The van der Waals surface area contributed by atoms with Crippen LogP contribution in [-0.4, -0.2) is 23.1 Å². The van der Waals surface area contributed by atoms with Crippen molar-refractivity contribution in [1.82, 2.24) is 0 Å². The molecule has 12 heavy (non-hydrogen) atoms. The van der Waals surface area contributed by atoms with Crippen LogP contribution in [0.1, 0.15) is 25.7 Å². The van der Waals surface area contributed by atoms with Crippen LogP contribution in [0.15, 0.2) is 0 Å². The molecule has 0 aliphatic rings. The summed E-state index contributed by atoms with van der Waals surface area (Å²) < 4.78 is 0. The molecule has 0 aromatic heterocycles. The number of carbonyl (C=O) groups is 2. The summed E-state index contributed by atoms with van der Waals surface area (Å²) in [6.07, 6.45) is 1.71. The third-order valence-corrected chi connectivity index (χ3v) is 1.94. The van der Waals surface area contributed by atoms with Crippen molar-refractivity contribution in [2.24, 2.45) is 0 Å². The monoisotopic (exact) mass is 206 g/mol. The predicted octanol–water partition coefficient (Wildman–Crippen LogP) is 1.54. The first kappa shape index (κ1) is 12.0.